The van der Waals surface area contributed by atoms with Gasteiger partial charge in [-0.15, -0.1) is 0 Å². The molecule has 0 radical (unpaired) electrons. The van der Waals surface area contributed by atoms with Gasteiger partial charge in [-0.1, -0.05) is 20.8 Å². The van der Waals surface area contributed by atoms with Crippen LogP contribution in [0.2, 0.25) is 0 Å². The van der Waals surface area contributed by atoms with E-state index < -0.39 is 0 Å². The number of nitrogens with zero attached hydrogens (tertiary/aromatic N) is 2. The predicted molar refractivity (Wildman–Crippen MR) is 76.7 cm³/mol. The Morgan fingerprint density at radius 2 is 1.94 bits per heavy atom. The minimum absolute atomic E-state index is 0.482. The smallest absolute Gasteiger partial charge is 0.129 e. The van der Waals surface area contributed by atoms with E-state index in [1.807, 2.05) is 0 Å². The van der Waals surface area contributed by atoms with Crippen LogP contribution < -0.4 is 10.6 Å². The van der Waals surface area contributed by atoms with Crippen molar-refractivity contribution in [3.8, 4) is 0 Å². The van der Waals surface area contributed by atoms with Crippen LogP contribution in [0.15, 0.2) is 12.1 Å². The number of hydrogen-bond acceptors (Lipinski definition) is 3. The van der Waals surface area contributed by atoms with Gasteiger partial charge in [-0.05, 0) is 42.4 Å². The zero-order chi connectivity index (χ0) is 13.2. The second-order valence-electron chi connectivity index (χ2n) is 6.03. The first-order valence-electron chi connectivity index (χ1n) is 6.99. The van der Waals surface area contributed by atoms with E-state index in [-0.39, 0.29) is 0 Å². The van der Waals surface area contributed by atoms with Crippen molar-refractivity contribution >= 4 is 5.82 Å². The lowest BCUT2D eigenvalue weighted by molar-refractivity contribution is 0.279. The van der Waals surface area contributed by atoms with Crippen molar-refractivity contribution in [2.75, 3.05) is 18.0 Å². The van der Waals surface area contributed by atoms with Gasteiger partial charge in [-0.2, -0.15) is 0 Å². The molecule has 0 amide bonds. The van der Waals surface area contributed by atoms with Crippen molar-refractivity contribution in [3.63, 3.8) is 0 Å². The van der Waals surface area contributed by atoms with Gasteiger partial charge in [0.15, 0.2) is 0 Å². The number of hydrogen-bond donors (Lipinski definition) is 1. The van der Waals surface area contributed by atoms with Crippen molar-refractivity contribution in [2.24, 2.45) is 11.1 Å². The summed E-state index contributed by atoms with van der Waals surface area (Å²) in [5, 5.41) is 0. The monoisotopic (exact) mass is 247 g/mol. The van der Waals surface area contributed by atoms with E-state index in [0.717, 1.165) is 31.0 Å². The molecule has 2 rings (SSSR count). The lowest BCUT2D eigenvalue weighted by Crippen LogP contribution is -2.37. The molecule has 2 N–H and O–H groups in total. The van der Waals surface area contributed by atoms with E-state index in [2.05, 4.69) is 37.8 Å². The van der Waals surface area contributed by atoms with E-state index >= 15 is 0 Å². The summed E-state index contributed by atoms with van der Waals surface area (Å²) in [4.78, 5) is 7.15. The molecule has 2 heterocycles. The van der Waals surface area contributed by atoms with E-state index in [1.54, 1.807) is 0 Å². The molecule has 0 bridgehead atoms. The van der Waals surface area contributed by atoms with Gasteiger partial charge in [-0.3, -0.25) is 0 Å². The summed E-state index contributed by atoms with van der Waals surface area (Å²) in [6, 6.07) is 4.27. The molecule has 1 aromatic heterocycles. The van der Waals surface area contributed by atoms with Gasteiger partial charge in [0.25, 0.3) is 0 Å². The number of aromatic nitrogens is 1. The SMILES string of the molecule is CCc1cc(CN)cc(N2CCC(C)(C)CC2)n1. The van der Waals surface area contributed by atoms with Gasteiger partial charge < -0.3 is 10.6 Å². The van der Waals surface area contributed by atoms with Gasteiger partial charge in [0.05, 0.1) is 0 Å². The zero-order valence-corrected chi connectivity index (χ0v) is 11.9. The number of pyridine rings is 1. The van der Waals surface area contributed by atoms with Crippen LogP contribution in [0.1, 0.15) is 44.9 Å². The lowest BCUT2D eigenvalue weighted by Gasteiger charge is -2.37. The summed E-state index contributed by atoms with van der Waals surface area (Å²) >= 11 is 0. The van der Waals surface area contributed by atoms with Crippen molar-refractivity contribution in [1.29, 1.82) is 0 Å². The molecule has 0 unspecified atom stereocenters. The maximum Gasteiger partial charge on any atom is 0.129 e. The third kappa shape index (κ3) is 3.02. The molecule has 18 heavy (non-hydrogen) atoms. The number of nitrogens with two attached hydrogens (primary N) is 1. The topological polar surface area (TPSA) is 42.1 Å². The average molecular weight is 247 g/mol. The second-order valence-corrected chi connectivity index (χ2v) is 6.03. The van der Waals surface area contributed by atoms with Crippen molar-refractivity contribution < 1.29 is 0 Å². The highest BCUT2D eigenvalue weighted by molar-refractivity contribution is 5.43. The second kappa shape index (κ2) is 5.27. The van der Waals surface area contributed by atoms with Crippen molar-refractivity contribution in [2.45, 2.75) is 46.6 Å². The maximum atomic E-state index is 5.77. The van der Waals surface area contributed by atoms with E-state index in [4.69, 9.17) is 10.7 Å². The fourth-order valence-electron chi connectivity index (χ4n) is 2.44. The zero-order valence-electron chi connectivity index (χ0n) is 11.9. The van der Waals surface area contributed by atoms with Crippen LogP contribution in [0.25, 0.3) is 0 Å². The minimum atomic E-state index is 0.482. The number of aryl methyl sites for hydroxylation is 1. The standard InChI is InChI=1S/C15H25N3/c1-4-13-9-12(11-16)10-14(17-13)18-7-5-15(2,3)6-8-18/h9-10H,4-8,11,16H2,1-3H3. The average Bonchev–Trinajstić information content (AvgIpc) is 2.38. The molecule has 0 atom stereocenters. The lowest BCUT2D eigenvalue weighted by atomic mass is 9.83. The molecule has 0 aromatic carbocycles. The van der Waals surface area contributed by atoms with Crippen LogP contribution in [0.5, 0.6) is 0 Å². The quantitative estimate of drug-likeness (QED) is 0.893. The highest BCUT2D eigenvalue weighted by atomic mass is 15.2. The molecule has 3 heteroatoms. The van der Waals surface area contributed by atoms with Crippen LogP contribution in [-0.2, 0) is 13.0 Å². The molecule has 3 nitrogen and oxygen atoms in total. The molecule has 1 fully saturated rings. The van der Waals surface area contributed by atoms with Crippen LogP contribution in [0.4, 0.5) is 5.82 Å². The van der Waals surface area contributed by atoms with Crippen LogP contribution >= 0.6 is 0 Å². The fourth-order valence-corrected chi connectivity index (χ4v) is 2.44. The molecule has 1 aromatic rings. The normalized spacial score (nSPS) is 19.0. The minimum Gasteiger partial charge on any atom is -0.357 e. The maximum absolute atomic E-state index is 5.77. The fraction of sp³-hybridized carbons (Fsp3) is 0.667. The van der Waals surface area contributed by atoms with E-state index in [1.165, 1.54) is 18.4 Å². The highest BCUT2D eigenvalue weighted by Gasteiger charge is 2.26. The summed E-state index contributed by atoms with van der Waals surface area (Å²) in [7, 11) is 0. The van der Waals surface area contributed by atoms with Crippen molar-refractivity contribution in [1.82, 2.24) is 4.98 Å². The summed E-state index contributed by atoms with van der Waals surface area (Å²) in [5.41, 5.74) is 8.60. The van der Waals surface area contributed by atoms with Gasteiger partial charge in [0.2, 0.25) is 0 Å². The molecular weight excluding hydrogens is 222 g/mol. The number of rotatable bonds is 3. The summed E-state index contributed by atoms with van der Waals surface area (Å²) in [6.07, 6.45) is 3.45. The molecule has 0 saturated carbocycles. The third-order valence-electron chi connectivity index (χ3n) is 3.96. The molecule has 100 valence electrons. The molecule has 0 spiro atoms. The molecule has 1 aliphatic rings. The predicted octanol–water partition coefficient (Wildman–Crippen LogP) is 2.73. The van der Waals surface area contributed by atoms with Gasteiger partial charge in [0, 0.05) is 25.3 Å². The highest BCUT2D eigenvalue weighted by Crippen LogP contribution is 2.31. The Balaban J connectivity index is 2.18. The summed E-state index contributed by atoms with van der Waals surface area (Å²) < 4.78 is 0. The first-order valence-corrected chi connectivity index (χ1v) is 6.99. The van der Waals surface area contributed by atoms with Crippen LogP contribution in [-0.4, -0.2) is 18.1 Å². The Bertz CT molecular complexity index is 380. The Morgan fingerprint density at radius 1 is 1.28 bits per heavy atom. The summed E-state index contributed by atoms with van der Waals surface area (Å²) in [6.45, 7) is 9.67. The Morgan fingerprint density at radius 3 is 2.50 bits per heavy atom. The molecule has 0 aliphatic carbocycles. The van der Waals surface area contributed by atoms with E-state index in [9.17, 15) is 0 Å². The molecular formula is C15H25N3. The largest absolute Gasteiger partial charge is 0.357 e. The van der Waals surface area contributed by atoms with E-state index in [0.29, 0.717) is 12.0 Å². The Labute approximate surface area is 110 Å². The molecule has 1 saturated heterocycles. The third-order valence-corrected chi connectivity index (χ3v) is 3.96. The Hall–Kier alpha value is -1.09. The van der Waals surface area contributed by atoms with Crippen LogP contribution in [0, 0.1) is 5.41 Å². The van der Waals surface area contributed by atoms with Gasteiger partial charge in [-0.25, -0.2) is 4.98 Å². The summed E-state index contributed by atoms with van der Waals surface area (Å²) in [5.74, 6) is 1.12. The van der Waals surface area contributed by atoms with Crippen molar-refractivity contribution in [3.05, 3.63) is 23.4 Å². The first-order chi connectivity index (χ1) is 8.54. The molecule has 1 aliphatic heterocycles. The number of anilines is 1. The Kier molecular flexibility index (Phi) is 3.91. The first kappa shape index (κ1) is 13.3. The van der Waals surface area contributed by atoms with Gasteiger partial charge in [0.1, 0.15) is 5.82 Å². The van der Waals surface area contributed by atoms with Gasteiger partial charge >= 0.3 is 0 Å². The van der Waals surface area contributed by atoms with Crippen LogP contribution in [0.3, 0.4) is 0 Å². The number of piperidine rings is 1.